The monoisotopic (exact) mass is 390 g/mol. The SMILES string of the molecule is CC(=O)Nc1ccc(Nc2cnnc(N3CCN(c4ccccn4)CC3)n2)cc1. The highest BCUT2D eigenvalue weighted by Gasteiger charge is 2.20. The van der Waals surface area contributed by atoms with Crippen LogP contribution in [0.2, 0.25) is 0 Å². The Morgan fingerprint density at radius 1 is 0.966 bits per heavy atom. The first-order valence-electron chi connectivity index (χ1n) is 9.43. The first-order chi connectivity index (χ1) is 14.2. The summed E-state index contributed by atoms with van der Waals surface area (Å²) in [6.45, 7) is 4.78. The third-order valence-corrected chi connectivity index (χ3v) is 4.56. The summed E-state index contributed by atoms with van der Waals surface area (Å²) in [5.74, 6) is 2.11. The number of piperazine rings is 1. The molecule has 0 radical (unpaired) electrons. The van der Waals surface area contributed by atoms with Gasteiger partial charge in [-0.25, -0.2) is 4.98 Å². The number of hydrogen-bond donors (Lipinski definition) is 2. The first-order valence-corrected chi connectivity index (χ1v) is 9.43. The van der Waals surface area contributed by atoms with E-state index in [1.54, 1.807) is 6.20 Å². The molecule has 3 heterocycles. The lowest BCUT2D eigenvalue weighted by Gasteiger charge is -2.35. The molecule has 0 aliphatic carbocycles. The molecule has 0 unspecified atom stereocenters. The van der Waals surface area contributed by atoms with Gasteiger partial charge in [-0.2, -0.15) is 10.1 Å². The Labute approximate surface area is 168 Å². The van der Waals surface area contributed by atoms with Gasteiger partial charge in [0.15, 0.2) is 5.82 Å². The summed E-state index contributed by atoms with van der Waals surface area (Å²) in [4.78, 5) is 24.5. The first kappa shape index (κ1) is 18.6. The molecule has 1 aliphatic rings. The third-order valence-electron chi connectivity index (χ3n) is 4.56. The van der Waals surface area contributed by atoms with Crippen LogP contribution in [-0.4, -0.2) is 52.3 Å². The van der Waals surface area contributed by atoms with Crippen LogP contribution in [0, 0.1) is 0 Å². The fraction of sp³-hybridized carbons (Fsp3) is 0.250. The van der Waals surface area contributed by atoms with Crippen LogP contribution >= 0.6 is 0 Å². The lowest BCUT2D eigenvalue weighted by atomic mass is 10.3. The van der Waals surface area contributed by atoms with Crippen LogP contribution in [-0.2, 0) is 4.79 Å². The summed E-state index contributed by atoms with van der Waals surface area (Å²) in [7, 11) is 0. The number of rotatable bonds is 5. The molecule has 0 atom stereocenters. The van der Waals surface area contributed by atoms with Crippen LogP contribution in [0.15, 0.2) is 54.9 Å². The zero-order chi connectivity index (χ0) is 20.1. The number of carbonyl (C=O) groups excluding carboxylic acids is 1. The molecule has 9 heteroatoms. The molecule has 9 nitrogen and oxygen atoms in total. The fourth-order valence-electron chi connectivity index (χ4n) is 3.15. The average Bonchev–Trinajstić information content (AvgIpc) is 2.76. The van der Waals surface area contributed by atoms with E-state index in [1.807, 2.05) is 48.7 Å². The highest BCUT2D eigenvalue weighted by molar-refractivity contribution is 5.88. The van der Waals surface area contributed by atoms with E-state index >= 15 is 0 Å². The topological polar surface area (TPSA) is 99.2 Å². The molecule has 0 saturated carbocycles. The predicted molar refractivity (Wildman–Crippen MR) is 113 cm³/mol. The van der Waals surface area contributed by atoms with Gasteiger partial charge in [0.1, 0.15) is 5.82 Å². The molecule has 1 amide bonds. The van der Waals surface area contributed by atoms with E-state index in [4.69, 9.17) is 0 Å². The molecule has 4 rings (SSSR count). The van der Waals surface area contributed by atoms with Gasteiger partial charge in [0.2, 0.25) is 11.9 Å². The maximum absolute atomic E-state index is 11.1. The van der Waals surface area contributed by atoms with Gasteiger partial charge < -0.3 is 20.4 Å². The van der Waals surface area contributed by atoms with Gasteiger partial charge in [-0.05, 0) is 36.4 Å². The number of benzene rings is 1. The number of nitrogens with zero attached hydrogens (tertiary/aromatic N) is 6. The number of carbonyl (C=O) groups is 1. The van der Waals surface area contributed by atoms with Crippen LogP contribution < -0.4 is 20.4 Å². The summed E-state index contributed by atoms with van der Waals surface area (Å²) < 4.78 is 0. The molecule has 1 aromatic carbocycles. The van der Waals surface area contributed by atoms with Crippen molar-refractivity contribution in [2.45, 2.75) is 6.92 Å². The zero-order valence-corrected chi connectivity index (χ0v) is 16.1. The van der Waals surface area contributed by atoms with E-state index in [0.717, 1.165) is 43.4 Å². The second-order valence-corrected chi connectivity index (χ2v) is 6.69. The van der Waals surface area contributed by atoms with Crippen molar-refractivity contribution in [3.8, 4) is 0 Å². The van der Waals surface area contributed by atoms with Crippen molar-refractivity contribution in [2.24, 2.45) is 0 Å². The number of aromatic nitrogens is 4. The molecular weight excluding hydrogens is 368 g/mol. The van der Waals surface area contributed by atoms with Crippen LogP contribution in [0.4, 0.5) is 29.0 Å². The highest BCUT2D eigenvalue weighted by atomic mass is 16.1. The Morgan fingerprint density at radius 2 is 1.69 bits per heavy atom. The van der Waals surface area contributed by atoms with Gasteiger partial charge in [-0.15, -0.1) is 5.10 Å². The minimum absolute atomic E-state index is 0.0986. The number of nitrogens with one attached hydrogen (secondary N) is 2. The zero-order valence-electron chi connectivity index (χ0n) is 16.1. The third kappa shape index (κ3) is 4.75. The van der Waals surface area contributed by atoms with Crippen molar-refractivity contribution in [3.63, 3.8) is 0 Å². The van der Waals surface area contributed by atoms with Crippen molar-refractivity contribution in [1.29, 1.82) is 0 Å². The summed E-state index contributed by atoms with van der Waals surface area (Å²) in [5.41, 5.74) is 1.60. The summed E-state index contributed by atoms with van der Waals surface area (Å²) in [6, 6.07) is 13.4. The van der Waals surface area contributed by atoms with Crippen LogP contribution in [0.1, 0.15) is 6.92 Å². The molecule has 2 N–H and O–H groups in total. The lowest BCUT2D eigenvalue weighted by Crippen LogP contribution is -2.47. The van der Waals surface area contributed by atoms with Crippen LogP contribution in [0.3, 0.4) is 0 Å². The molecule has 1 saturated heterocycles. The average molecular weight is 390 g/mol. The van der Waals surface area contributed by atoms with Crippen molar-refractivity contribution >= 4 is 34.9 Å². The lowest BCUT2D eigenvalue weighted by molar-refractivity contribution is -0.114. The highest BCUT2D eigenvalue weighted by Crippen LogP contribution is 2.20. The maximum Gasteiger partial charge on any atom is 0.247 e. The summed E-state index contributed by atoms with van der Waals surface area (Å²) in [6.07, 6.45) is 3.40. The number of amides is 1. The second kappa shape index (κ2) is 8.51. The smallest absolute Gasteiger partial charge is 0.247 e. The van der Waals surface area contributed by atoms with Crippen molar-refractivity contribution in [1.82, 2.24) is 20.2 Å². The van der Waals surface area contributed by atoms with Crippen molar-refractivity contribution < 1.29 is 4.79 Å². The molecule has 1 fully saturated rings. The Morgan fingerprint density at radius 3 is 2.38 bits per heavy atom. The number of anilines is 5. The normalized spacial score (nSPS) is 13.8. The summed E-state index contributed by atoms with van der Waals surface area (Å²) >= 11 is 0. The maximum atomic E-state index is 11.1. The minimum atomic E-state index is -0.0986. The molecule has 29 heavy (non-hydrogen) atoms. The minimum Gasteiger partial charge on any atom is -0.353 e. The molecule has 148 valence electrons. The van der Waals surface area contributed by atoms with E-state index in [0.29, 0.717) is 11.8 Å². The van der Waals surface area contributed by atoms with E-state index in [9.17, 15) is 4.79 Å². The molecule has 2 aromatic heterocycles. The summed E-state index contributed by atoms with van der Waals surface area (Å²) in [5, 5.41) is 14.3. The largest absolute Gasteiger partial charge is 0.353 e. The Hall–Kier alpha value is -3.75. The van der Waals surface area contributed by atoms with Crippen LogP contribution in [0.5, 0.6) is 0 Å². The van der Waals surface area contributed by atoms with Gasteiger partial charge in [0, 0.05) is 50.7 Å². The predicted octanol–water partition coefficient (Wildman–Crippen LogP) is 2.30. The van der Waals surface area contributed by atoms with E-state index < -0.39 is 0 Å². The standard InChI is InChI=1S/C20H22N8O/c1-15(29)23-16-5-7-17(8-6-16)24-18-14-22-26-20(25-18)28-12-10-27(11-13-28)19-4-2-3-9-21-19/h2-9,14H,10-13H2,1H3,(H,23,29)(H,24,25,26). The number of hydrogen-bond acceptors (Lipinski definition) is 8. The van der Waals surface area contributed by atoms with Gasteiger partial charge in [0.25, 0.3) is 0 Å². The molecule has 1 aliphatic heterocycles. The van der Waals surface area contributed by atoms with Gasteiger partial charge >= 0.3 is 0 Å². The van der Waals surface area contributed by atoms with E-state index in [-0.39, 0.29) is 5.91 Å². The molecule has 0 spiro atoms. The Kier molecular flexibility index (Phi) is 5.46. The number of pyridine rings is 1. The fourth-order valence-corrected chi connectivity index (χ4v) is 3.15. The van der Waals surface area contributed by atoms with Gasteiger partial charge in [-0.1, -0.05) is 6.07 Å². The van der Waals surface area contributed by atoms with E-state index in [1.165, 1.54) is 6.92 Å². The van der Waals surface area contributed by atoms with Gasteiger partial charge in [0.05, 0.1) is 6.20 Å². The van der Waals surface area contributed by atoms with Crippen molar-refractivity contribution in [3.05, 3.63) is 54.9 Å². The Bertz CT molecular complexity index is 956. The molecule has 0 bridgehead atoms. The second-order valence-electron chi connectivity index (χ2n) is 6.69. The quantitative estimate of drug-likeness (QED) is 0.685. The van der Waals surface area contributed by atoms with E-state index in [2.05, 4.69) is 40.6 Å². The van der Waals surface area contributed by atoms with Gasteiger partial charge in [-0.3, -0.25) is 4.79 Å². The van der Waals surface area contributed by atoms with Crippen molar-refractivity contribution in [2.75, 3.05) is 46.6 Å². The molecule has 3 aromatic rings. The van der Waals surface area contributed by atoms with Crippen LogP contribution in [0.25, 0.3) is 0 Å². The molecular formula is C20H22N8O. The Balaban J connectivity index is 1.38.